The van der Waals surface area contributed by atoms with Gasteiger partial charge in [0.2, 0.25) is 0 Å². The van der Waals surface area contributed by atoms with Crippen LogP contribution in [0.15, 0.2) is 24.3 Å². The minimum atomic E-state index is 0.444. The Bertz CT molecular complexity index is 380. The van der Waals surface area contributed by atoms with Crippen molar-refractivity contribution < 1.29 is 4.74 Å². The number of nitrogens with one attached hydrogen (secondary N) is 2. The van der Waals surface area contributed by atoms with Crippen LogP contribution in [0.4, 0.5) is 5.69 Å². The fourth-order valence-electron chi connectivity index (χ4n) is 3.05. The second-order valence-corrected chi connectivity index (χ2v) is 4.68. The smallest absolute Gasteiger partial charge is 0.0667 e. The molecule has 3 atom stereocenters. The van der Waals surface area contributed by atoms with Crippen molar-refractivity contribution in [3.63, 3.8) is 0 Å². The van der Waals surface area contributed by atoms with Gasteiger partial charge in [0.25, 0.3) is 0 Å². The van der Waals surface area contributed by atoms with E-state index in [9.17, 15) is 0 Å². The molecule has 2 aliphatic heterocycles. The van der Waals surface area contributed by atoms with E-state index in [-0.39, 0.29) is 0 Å². The highest BCUT2D eigenvalue weighted by Gasteiger charge is 2.39. The summed E-state index contributed by atoms with van der Waals surface area (Å²) in [7, 11) is 1.78. The molecular formula is C13H18N2O. The third-order valence-corrected chi connectivity index (χ3v) is 3.77. The van der Waals surface area contributed by atoms with Crippen molar-refractivity contribution in [2.75, 3.05) is 25.6 Å². The number of hydrogen-bond donors (Lipinski definition) is 2. The summed E-state index contributed by atoms with van der Waals surface area (Å²) in [5, 5.41) is 7.21. The van der Waals surface area contributed by atoms with Gasteiger partial charge in [-0.1, -0.05) is 18.2 Å². The highest BCUT2D eigenvalue weighted by Crippen LogP contribution is 2.40. The topological polar surface area (TPSA) is 33.3 Å². The van der Waals surface area contributed by atoms with Gasteiger partial charge in [-0.25, -0.2) is 0 Å². The fourth-order valence-corrected chi connectivity index (χ4v) is 3.05. The predicted molar refractivity (Wildman–Crippen MR) is 64.6 cm³/mol. The summed E-state index contributed by atoms with van der Waals surface area (Å²) in [6, 6.07) is 9.55. The molecule has 1 aromatic rings. The van der Waals surface area contributed by atoms with Crippen molar-refractivity contribution in [3.05, 3.63) is 29.8 Å². The standard InChI is InChI=1S/C13H18N2O/c1-16-8-12-10-6-7-14-13(10)9-4-2-3-5-11(9)15-12/h2-5,10,12-15H,6-8H2,1H3/t10-,12+,13+/m0/s1. The molecule has 0 unspecified atom stereocenters. The Morgan fingerprint density at radius 1 is 1.38 bits per heavy atom. The van der Waals surface area contributed by atoms with Gasteiger partial charge in [0.05, 0.1) is 12.6 Å². The molecule has 0 bridgehead atoms. The van der Waals surface area contributed by atoms with Crippen molar-refractivity contribution >= 4 is 5.69 Å². The van der Waals surface area contributed by atoms with E-state index < -0.39 is 0 Å². The van der Waals surface area contributed by atoms with Crippen LogP contribution in [0.25, 0.3) is 0 Å². The van der Waals surface area contributed by atoms with E-state index in [0.717, 1.165) is 13.2 Å². The summed E-state index contributed by atoms with van der Waals surface area (Å²) in [4.78, 5) is 0. The molecule has 1 fully saturated rings. The lowest BCUT2D eigenvalue weighted by Crippen LogP contribution is -2.40. The van der Waals surface area contributed by atoms with Crippen LogP contribution >= 0.6 is 0 Å². The highest BCUT2D eigenvalue weighted by molar-refractivity contribution is 5.56. The van der Waals surface area contributed by atoms with Gasteiger partial charge in [-0.3, -0.25) is 0 Å². The molecule has 16 heavy (non-hydrogen) atoms. The quantitative estimate of drug-likeness (QED) is 0.794. The van der Waals surface area contributed by atoms with Gasteiger partial charge in [0.15, 0.2) is 0 Å². The molecule has 0 aromatic heterocycles. The molecule has 1 saturated heterocycles. The fraction of sp³-hybridized carbons (Fsp3) is 0.538. The normalized spacial score (nSPS) is 31.7. The van der Waals surface area contributed by atoms with E-state index >= 15 is 0 Å². The molecule has 3 rings (SSSR count). The van der Waals surface area contributed by atoms with E-state index in [1.807, 2.05) is 0 Å². The first-order chi connectivity index (χ1) is 7.90. The summed E-state index contributed by atoms with van der Waals surface area (Å²) in [6.07, 6.45) is 1.24. The SMILES string of the molecule is COC[C@H]1Nc2ccccc2[C@H]2NCC[C@H]21. The van der Waals surface area contributed by atoms with Crippen LogP contribution in [0.3, 0.4) is 0 Å². The van der Waals surface area contributed by atoms with Crippen LogP contribution in [0, 0.1) is 5.92 Å². The zero-order valence-electron chi connectivity index (χ0n) is 9.57. The molecule has 3 nitrogen and oxygen atoms in total. The summed E-state index contributed by atoms with van der Waals surface area (Å²) in [6.45, 7) is 1.91. The Balaban J connectivity index is 1.95. The Morgan fingerprint density at radius 2 is 2.25 bits per heavy atom. The Kier molecular flexibility index (Phi) is 2.58. The molecule has 0 saturated carbocycles. The molecule has 1 aromatic carbocycles. The molecular weight excluding hydrogens is 200 g/mol. The second kappa shape index (κ2) is 4.07. The second-order valence-electron chi connectivity index (χ2n) is 4.68. The van der Waals surface area contributed by atoms with Gasteiger partial charge in [-0.2, -0.15) is 0 Å². The Morgan fingerprint density at radius 3 is 3.12 bits per heavy atom. The van der Waals surface area contributed by atoms with E-state index in [1.165, 1.54) is 17.7 Å². The Hall–Kier alpha value is -1.06. The number of para-hydroxylation sites is 1. The predicted octanol–water partition coefficient (Wildman–Crippen LogP) is 1.78. The molecule has 0 radical (unpaired) electrons. The molecule has 2 N–H and O–H groups in total. The summed E-state index contributed by atoms with van der Waals surface area (Å²) in [5.74, 6) is 0.662. The van der Waals surface area contributed by atoms with Crippen LogP contribution in [0.5, 0.6) is 0 Å². The zero-order valence-corrected chi connectivity index (χ0v) is 9.57. The van der Waals surface area contributed by atoms with Crippen molar-refractivity contribution in [2.45, 2.75) is 18.5 Å². The zero-order chi connectivity index (χ0) is 11.0. The molecule has 2 aliphatic rings. The lowest BCUT2D eigenvalue weighted by atomic mass is 9.84. The first-order valence-electron chi connectivity index (χ1n) is 5.98. The van der Waals surface area contributed by atoms with Crippen molar-refractivity contribution in [1.29, 1.82) is 0 Å². The van der Waals surface area contributed by atoms with Gasteiger partial charge in [0.1, 0.15) is 0 Å². The number of hydrogen-bond acceptors (Lipinski definition) is 3. The van der Waals surface area contributed by atoms with E-state index in [4.69, 9.17) is 4.74 Å². The number of anilines is 1. The largest absolute Gasteiger partial charge is 0.383 e. The molecule has 3 heteroatoms. The van der Waals surface area contributed by atoms with Crippen molar-refractivity contribution in [2.24, 2.45) is 5.92 Å². The molecule has 0 aliphatic carbocycles. The molecule has 2 heterocycles. The lowest BCUT2D eigenvalue weighted by Gasteiger charge is -2.36. The molecule has 86 valence electrons. The first kappa shape index (κ1) is 10.1. The van der Waals surface area contributed by atoms with Gasteiger partial charge < -0.3 is 15.4 Å². The Labute approximate surface area is 96.2 Å². The van der Waals surface area contributed by atoms with Crippen LogP contribution in [-0.4, -0.2) is 26.3 Å². The number of ether oxygens (including phenoxy) is 1. The van der Waals surface area contributed by atoms with E-state index in [2.05, 4.69) is 34.9 Å². The number of rotatable bonds is 2. The van der Waals surface area contributed by atoms with E-state index in [1.54, 1.807) is 7.11 Å². The van der Waals surface area contributed by atoms with E-state index in [0.29, 0.717) is 18.0 Å². The van der Waals surface area contributed by atoms with Crippen LogP contribution < -0.4 is 10.6 Å². The van der Waals surface area contributed by atoms with Crippen molar-refractivity contribution in [3.8, 4) is 0 Å². The molecule has 0 spiro atoms. The van der Waals surface area contributed by atoms with Crippen LogP contribution in [0.1, 0.15) is 18.0 Å². The summed E-state index contributed by atoms with van der Waals surface area (Å²) >= 11 is 0. The minimum absolute atomic E-state index is 0.444. The summed E-state index contributed by atoms with van der Waals surface area (Å²) in [5.41, 5.74) is 2.68. The monoisotopic (exact) mass is 218 g/mol. The van der Waals surface area contributed by atoms with Gasteiger partial charge in [0, 0.05) is 24.8 Å². The lowest BCUT2D eigenvalue weighted by molar-refractivity contribution is 0.158. The average molecular weight is 218 g/mol. The molecule has 0 amide bonds. The number of methoxy groups -OCH3 is 1. The maximum absolute atomic E-state index is 5.31. The maximum Gasteiger partial charge on any atom is 0.0667 e. The highest BCUT2D eigenvalue weighted by atomic mass is 16.5. The number of benzene rings is 1. The third-order valence-electron chi connectivity index (χ3n) is 3.77. The van der Waals surface area contributed by atoms with Crippen LogP contribution in [-0.2, 0) is 4.74 Å². The van der Waals surface area contributed by atoms with Gasteiger partial charge in [-0.05, 0) is 24.6 Å². The summed E-state index contributed by atoms with van der Waals surface area (Å²) < 4.78 is 5.31. The van der Waals surface area contributed by atoms with Gasteiger partial charge in [-0.15, -0.1) is 0 Å². The third kappa shape index (κ3) is 1.51. The van der Waals surface area contributed by atoms with Gasteiger partial charge >= 0.3 is 0 Å². The first-order valence-corrected chi connectivity index (χ1v) is 5.98. The maximum atomic E-state index is 5.31. The van der Waals surface area contributed by atoms with Crippen molar-refractivity contribution in [1.82, 2.24) is 5.32 Å². The number of fused-ring (bicyclic) bond motifs is 3. The average Bonchev–Trinajstić information content (AvgIpc) is 2.79. The minimum Gasteiger partial charge on any atom is -0.383 e. The van der Waals surface area contributed by atoms with Crippen LogP contribution in [0.2, 0.25) is 0 Å².